The third-order valence-electron chi connectivity index (χ3n) is 4.81. The van der Waals surface area contributed by atoms with Gasteiger partial charge in [0.15, 0.2) is 0 Å². The maximum absolute atomic E-state index is 13.1. The van der Waals surface area contributed by atoms with Crippen LogP contribution in [0.1, 0.15) is 27.3 Å². The number of nitrogens with zero attached hydrogens (tertiary/aromatic N) is 2. The standard InChI is InChI=1S/C21H20N2O/c1-15-14-19(16(2)23(15)18-9-4-3-5-10-18)21(24)22-13-12-17-8-6-7-11-20(17)22/h3-11,14H,12-13H2,1-2H3. The van der Waals surface area contributed by atoms with Crippen LogP contribution in [-0.4, -0.2) is 17.0 Å². The Labute approximate surface area is 142 Å². The normalized spacial score (nSPS) is 13.2. The minimum atomic E-state index is 0.0928. The van der Waals surface area contributed by atoms with Gasteiger partial charge in [-0.05, 0) is 50.1 Å². The van der Waals surface area contributed by atoms with Gasteiger partial charge in [0.1, 0.15) is 0 Å². The molecular formula is C21H20N2O. The molecule has 4 rings (SSSR count). The quantitative estimate of drug-likeness (QED) is 0.692. The van der Waals surface area contributed by atoms with Gasteiger partial charge in [-0.25, -0.2) is 0 Å². The zero-order chi connectivity index (χ0) is 16.7. The molecule has 1 aliphatic rings. The van der Waals surface area contributed by atoms with Crippen LogP contribution in [0.4, 0.5) is 5.69 Å². The van der Waals surface area contributed by atoms with Crippen LogP contribution in [0.5, 0.6) is 0 Å². The Kier molecular flexibility index (Phi) is 3.49. The summed E-state index contributed by atoms with van der Waals surface area (Å²) in [5.41, 5.74) is 6.25. The molecule has 24 heavy (non-hydrogen) atoms. The Balaban J connectivity index is 1.75. The van der Waals surface area contributed by atoms with E-state index in [2.05, 4.69) is 29.7 Å². The lowest BCUT2D eigenvalue weighted by atomic mass is 10.1. The highest BCUT2D eigenvalue weighted by molar-refractivity contribution is 6.08. The minimum absolute atomic E-state index is 0.0928. The van der Waals surface area contributed by atoms with E-state index in [1.165, 1.54) is 5.56 Å². The van der Waals surface area contributed by atoms with Crippen molar-refractivity contribution in [1.29, 1.82) is 0 Å². The van der Waals surface area contributed by atoms with Crippen molar-refractivity contribution in [2.75, 3.05) is 11.4 Å². The monoisotopic (exact) mass is 316 g/mol. The number of amides is 1. The van der Waals surface area contributed by atoms with E-state index in [0.717, 1.165) is 41.3 Å². The van der Waals surface area contributed by atoms with Gasteiger partial charge in [0.05, 0.1) is 5.56 Å². The van der Waals surface area contributed by atoms with E-state index in [1.54, 1.807) is 0 Å². The van der Waals surface area contributed by atoms with E-state index in [1.807, 2.05) is 54.3 Å². The highest BCUT2D eigenvalue weighted by Crippen LogP contribution is 2.30. The molecule has 0 spiro atoms. The van der Waals surface area contributed by atoms with Crippen LogP contribution in [0.25, 0.3) is 5.69 Å². The van der Waals surface area contributed by atoms with Gasteiger partial charge < -0.3 is 9.47 Å². The average Bonchev–Trinajstić information content (AvgIpc) is 3.16. The Morgan fingerprint density at radius 1 is 0.958 bits per heavy atom. The van der Waals surface area contributed by atoms with E-state index in [4.69, 9.17) is 0 Å². The van der Waals surface area contributed by atoms with E-state index in [0.29, 0.717) is 0 Å². The van der Waals surface area contributed by atoms with Gasteiger partial charge >= 0.3 is 0 Å². The molecule has 0 radical (unpaired) electrons. The molecule has 3 heteroatoms. The van der Waals surface area contributed by atoms with Gasteiger partial charge in [0.2, 0.25) is 0 Å². The van der Waals surface area contributed by atoms with Crippen molar-refractivity contribution in [3.63, 3.8) is 0 Å². The number of aryl methyl sites for hydroxylation is 1. The van der Waals surface area contributed by atoms with E-state index in [9.17, 15) is 4.79 Å². The zero-order valence-electron chi connectivity index (χ0n) is 14.0. The number of hydrogen-bond acceptors (Lipinski definition) is 1. The number of fused-ring (bicyclic) bond motifs is 1. The Bertz CT molecular complexity index is 909. The molecule has 3 aromatic rings. The summed E-state index contributed by atoms with van der Waals surface area (Å²) < 4.78 is 2.15. The van der Waals surface area contributed by atoms with Gasteiger partial charge in [-0.1, -0.05) is 36.4 Å². The maximum Gasteiger partial charge on any atom is 0.260 e. The molecule has 3 nitrogen and oxygen atoms in total. The van der Waals surface area contributed by atoms with Crippen molar-refractivity contribution < 1.29 is 4.79 Å². The van der Waals surface area contributed by atoms with Crippen molar-refractivity contribution >= 4 is 11.6 Å². The number of carbonyl (C=O) groups is 1. The second kappa shape index (κ2) is 5.68. The van der Waals surface area contributed by atoms with Crippen LogP contribution in [0, 0.1) is 13.8 Å². The molecule has 0 saturated heterocycles. The Morgan fingerprint density at radius 2 is 1.67 bits per heavy atom. The first-order chi connectivity index (χ1) is 11.7. The number of para-hydroxylation sites is 2. The van der Waals surface area contributed by atoms with Crippen molar-refractivity contribution in [1.82, 2.24) is 4.57 Å². The average molecular weight is 316 g/mol. The zero-order valence-corrected chi connectivity index (χ0v) is 14.0. The number of hydrogen-bond donors (Lipinski definition) is 0. The lowest BCUT2D eigenvalue weighted by Crippen LogP contribution is -2.29. The molecule has 2 heterocycles. The number of anilines is 1. The molecule has 0 saturated carbocycles. The summed E-state index contributed by atoms with van der Waals surface area (Å²) in [5, 5.41) is 0. The number of aromatic nitrogens is 1. The maximum atomic E-state index is 13.1. The summed E-state index contributed by atoms with van der Waals surface area (Å²) in [6.45, 7) is 4.83. The first kappa shape index (κ1) is 14.8. The van der Waals surface area contributed by atoms with E-state index in [-0.39, 0.29) is 5.91 Å². The highest BCUT2D eigenvalue weighted by atomic mass is 16.2. The molecule has 0 atom stereocenters. The highest BCUT2D eigenvalue weighted by Gasteiger charge is 2.27. The van der Waals surface area contributed by atoms with Crippen molar-refractivity contribution in [3.8, 4) is 5.69 Å². The molecule has 0 N–H and O–H groups in total. The molecule has 1 aliphatic heterocycles. The minimum Gasteiger partial charge on any atom is -0.318 e. The van der Waals surface area contributed by atoms with Gasteiger partial charge in [-0.2, -0.15) is 0 Å². The van der Waals surface area contributed by atoms with Gasteiger partial charge in [0, 0.05) is 29.3 Å². The molecule has 120 valence electrons. The molecule has 0 unspecified atom stereocenters. The van der Waals surface area contributed by atoms with Crippen LogP contribution in [0.3, 0.4) is 0 Å². The van der Waals surface area contributed by atoms with Crippen LogP contribution in [0.2, 0.25) is 0 Å². The molecule has 1 amide bonds. The summed E-state index contributed by atoms with van der Waals surface area (Å²) in [6, 6.07) is 20.4. The summed E-state index contributed by atoms with van der Waals surface area (Å²) in [5.74, 6) is 0.0928. The van der Waals surface area contributed by atoms with Crippen molar-refractivity contribution in [2.45, 2.75) is 20.3 Å². The van der Waals surface area contributed by atoms with Crippen LogP contribution in [0.15, 0.2) is 60.7 Å². The molecule has 0 aliphatic carbocycles. The summed E-state index contributed by atoms with van der Waals surface area (Å²) in [7, 11) is 0. The lowest BCUT2D eigenvalue weighted by molar-refractivity contribution is 0.0989. The molecule has 0 fully saturated rings. The predicted molar refractivity (Wildman–Crippen MR) is 97.1 cm³/mol. The van der Waals surface area contributed by atoms with Crippen molar-refractivity contribution in [2.24, 2.45) is 0 Å². The molecular weight excluding hydrogens is 296 g/mol. The fourth-order valence-corrected chi connectivity index (χ4v) is 3.65. The fourth-order valence-electron chi connectivity index (χ4n) is 3.65. The van der Waals surface area contributed by atoms with Crippen LogP contribution < -0.4 is 4.90 Å². The molecule has 0 bridgehead atoms. The van der Waals surface area contributed by atoms with E-state index >= 15 is 0 Å². The summed E-state index contributed by atoms with van der Waals surface area (Å²) >= 11 is 0. The number of benzene rings is 2. The number of rotatable bonds is 2. The smallest absolute Gasteiger partial charge is 0.260 e. The third-order valence-corrected chi connectivity index (χ3v) is 4.81. The lowest BCUT2D eigenvalue weighted by Gasteiger charge is -2.17. The Morgan fingerprint density at radius 3 is 2.46 bits per heavy atom. The van der Waals surface area contributed by atoms with Gasteiger partial charge in [0.25, 0.3) is 5.91 Å². The Hall–Kier alpha value is -2.81. The SMILES string of the molecule is Cc1cc(C(=O)N2CCc3ccccc32)c(C)n1-c1ccccc1. The molecule has 2 aromatic carbocycles. The second-order valence-electron chi connectivity index (χ2n) is 6.29. The van der Waals surface area contributed by atoms with Crippen molar-refractivity contribution in [3.05, 3.63) is 83.2 Å². The fraction of sp³-hybridized carbons (Fsp3) is 0.190. The predicted octanol–water partition coefficient (Wildman–Crippen LogP) is 4.30. The summed E-state index contributed by atoms with van der Waals surface area (Å²) in [6.07, 6.45) is 0.930. The van der Waals surface area contributed by atoms with Gasteiger partial charge in [-0.3, -0.25) is 4.79 Å². The van der Waals surface area contributed by atoms with Crippen LogP contribution >= 0.6 is 0 Å². The van der Waals surface area contributed by atoms with Crippen LogP contribution in [-0.2, 0) is 6.42 Å². The topological polar surface area (TPSA) is 25.2 Å². The van der Waals surface area contributed by atoms with Gasteiger partial charge in [-0.15, -0.1) is 0 Å². The van der Waals surface area contributed by atoms with E-state index < -0.39 is 0 Å². The first-order valence-electron chi connectivity index (χ1n) is 8.31. The summed E-state index contributed by atoms with van der Waals surface area (Å²) in [4.78, 5) is 15.0. The first-order valence-corrected chi connectivity index (χ1v) is 8.31. The largest absolute Gasteiger partial charge is 0.318 e. The molecule has 1 aromatic heterocycles. The number of carbonyl (C=O) groups excluding carboxylic acids is 1. The third kappa shape index (κ3) is 2.24. The second-order valence-corrected chi connectivity index (χ2v) is 6.29.